The van der Waals surface area contributed by atoms with Crippen LogP contribution in [0.3, 0.4) is 0 Å². The zero-order valence-electron chi connectivity index (χ0n) is 29.3. The maximum Gasteiger partial charge on any atom is 0.410 e. The lowest BCUT2D eigenvalue weighted by Gasteiger charge is -2.46. The van der Waals surface area contributed by atoms with E-state index in [4.69, 9.17) is 9.57 Å². The number of fused-ring (bicyclic) bond motifs is 1. The second kappa shape index (κ2) is 16.5. The normalized spacial score (nSPS) is 21.4. The van der Waals surface area contributed by atoms with Crippen LogP contribution < -0.4 is 5.32 Å². The van der Waals surface area contributed by atoms with E-state index in [0.717, 1.165) is 29.8 Å². The van der Waals surface area contributed by atoms with E-state index in [1.54, 1.807) is 33.1 Å². The van der Waals surface area contributed by atoms with Crippen molar-refractivity contribution in [2.24, 2.45) is 0 Å². The van der Waals surface area contributed by atoms with E-state index in [0.29, 0.717) is 81.7 Å². The summed E-state index contributed by atoms with van der Waals surface area (Å²) in [7, 11) is 0. The first-order valence-electron chi connectivity index (χ1n) is 17.9. The first-order chi connectivity index (χ1) is 24.7. The summed E-state index contributed by atoms with van der Waals surface area (Å²) in [6.07, 6.45) is 1.93. The minimum Gasteiger partial charge on any atom is -0.507 e. The maximum absolute atomic E-state index is 14.1. The van der Waals surface area contributed by atoms with Crippen LogP contribution in [-0.2, 0) is 32.0 Å². The highest BCUT2D eigenvalue weighted by molar-refractivity contribution is 9.10. The van der Waals surface area contributed by atoms with Crippen LogP contribution in [0.5, 0.6) is 5.75 Å². The van der Waals surface area contributed by atoms with Crippen molar-refractivity contribution >= 4 is 45.6 Å². The Balaban J connectivity index is 1.07. The van der Waals surface area contributed by atoms with Gasteiger partial charge in [0.25, 0.3) is 5.91 Å². The summed E-state index contributed by atoms with van der Waals surface area (Å²) >= 11 is 3.35. The summed E-state index contributed by atoms with van der Waals surface area (Å²) in [6, 6.07) is 12.7. The van der Waals surface area contributed by atoms with Crippen LogP contribution in [0, 0.1) is 0 Å². The van der Waals surface area contributed by atoms with Crippen molar-refractivity contribution < 1.29 is 33.9 Å². The van der Waals surface area contributed by atoms with Crippen LogP contribution in [0.25, 0.3) is 0 Å². The first-order valence-corrected chi connectivity index (χ1v) is 18.7. The number of piperidine rings is 2. The molecule has 0 aromatic heterocycles. The number of phenolic OH excluding ortho intramolecular Hbond substituents is 1. The minimum absolute atomic E-state index is 0.0144. The Hall–Kier alpha value is -4.10. The summed E-state index contributed by atoms with van der Waals surface area (Å²) in [4.78, 5) is 65.8. The van der Waals surface area contributed by atoms with Gasteiger partial charge in [-0.3, -0.25) is 14.5 Å². The van der Waals surface area contributed by atoms with Gasteiger partial charge in [0, 0.05) is 63.5 Å². The molecule has 2 aromatic carbocycles. The van der Waals surface area contributed by atoms with Gasteiger partial charge in [-0.05, 0) is 91.2 Å². The summed E-state index contributed by atoms with van der Waals surface area (Å²) in [6.45, 7) is 8.03. The Kier molecular flexibility index (Phi) is 11.9. The van der Waals surface area contributed by atoms with Gasteiger partial charge in [-0.15, -0.1) is 0 Å². The number of carbonyl (C=O) groups excluding carboxylic acids is 4. The van der Waals surface area contributed by atoms with Crippen LogP contribution in [0.15, 0.2) is 52.6 Å². The highest BCUT2D eigenvalue weighted by Crippen LogP contribution is 2.29. The predicted octanol–water partition coefficient (Wildman–Crippen LogP) is 4.42. The number of anilines is 1. The molecule has 0 spiro atoms. The third-order valence-electron chi connectivity index (χ3n) is 10.6. The van der Waals surface area contributed by atoms with Gasteiger partial charge in [0.15, 0.2) is 6.10 Å². The van der Waals surface area contributed by atoms with E-state index in [2.05, 4.69) is 32.1 Å². The SMILES string of the molecule is CCON1CCN(C2CCN(C(=O)[C@@H](Cc3ccc(O)c(Br)c3)OC(=O)N3CCC(N4CCc5ccccc5NC4=O)CC3)CC2)C(C)C1=C=O. The Labute approximate surface area is 307 Å². The predicted molar refractivity (Wildman–Crippen MR) is 194 cm³/mol. The molecule has 0 radical (unpaired) electrons. The number of hydroxylamine groups is 2. The molecule has 13 nitrogen and oxygen atoms in total. The molecule has 0 saturated carbocycles. The van der Waals surface area contributed by atoms with E-state index < -0.39 is 12.2 Å². The molecule has 4 aliphatic heterocycles. The van der Waals surface area contributed by atoms with Crippen LogP contribution in [0.2, 0.25) is 0 Å². The summed E-state index contributed by atoms with van der Waals surface area (Å²) in [5.41, 5.74) is 3.17. The zero-order valence-corrected chi connectivity index (χ0v) is 30.8. The number of benzene rings is 2. The van der Waals surface area contributed by atoms with Crippen molar-refractivity contribution in [3.05, 3.63) is 63.8 Å². The summed E-state index contributed by atoms with van der Waals surface area (Å²) < 4.78 is 6.50. The molecular formula is C37H47BrN6O7. The van der Waals surface area contributed by atoms with Crippen molar-refractivity contribution in [3.8, 4) is 5.75 Å². The Morgan fingerprint density at radius 1 is 0.980 bits per heavy atom. The van der Waals surface area contributed by atoms with Crippen molar-refractivity contribution in [3.63, 3.8) is 0 Å². The van der Waals surface area contributed by atoms with Gasteiger partial charge in [-0.2, -0.15) is 0 Å². The van der Waals surface area contributed by atoms with Crippen molar-refractivity contribution in [2.45, 2.75) is 76.6 Å². The number of para-hydroxylation sites is 1. The number of phenols is 1. The zero-order chi connectivity index (χ0) is 36.1. The average molecular weight is 768 g/mol. The third kappa shape index (κ3) is 8.35. The lowest BCUT2D eigenvalue weighted by Crippen LogP contribution is -2.57. The molecule has 4 heterocycles. The van der Waals surface area contributed by atoms with Crippen molar-refractivity contribution in [1.29, 1.82) is 0 Å². The number of nitrogens with zero attached hydrogens (tertiary/aromatic N) is 5. The quantitative estimate of drug-likeness (QED) is 0.375. The third-order valence-corrected chi connectivity index (χ3v) is 11.3. The van der Waals surface area contributed by atoms with Crippen molar-refractivity contribution in [2.75, 3.05) is 57.7 Å². The molecule has 1 unspecified atom stereocenters. The number of likely N-dealkylation sites (tertiary alicyclic amines) is 2. The van der Waals surface area contributed by atoms with Gasteiger partial charge in [-0.1, -0.05) is 24.3 Å². The van der Waals surface area contributed by atoms with Gasteiger partial charge >= 0.3 is 12.1 Å². The van der Waals surface area contributed by atoms with E-state index in [1.807, 2.05) is 43.0 Å². The van der Waals surface area contributed by atoms with Crippen LogP contribution >= 0.6 is 15.9 Å². The number of ether oxygens (including phenoxy) is 1. The van der Waals surface area contributed by atoms with E-state index in [-0.39, 0.29) is 42.2 Å². The lowest BCUT2D eigenvalue weighted by molar-refractivity contribution is -0.156. The molecule has 3 saturated heterocycles. The van der Waals surface area contributed by atoms with E-state index in [9.17, 15) is 24.3 Å². The number of hydrogen-bond donors (Lipinski definition) is 2. The van der Waals surface area contributed by atoms with Crippen LogP contribution in [-0.4, -0.2) is 130 Å². The largest absolute Gasteiger partial charge is 0.507 e. The molecule has 4 aliphatic rings. The number of hydrogen-bond acceptors (Lipinski definition) is 9. The number of aromatic hydroxyl groups is 1. The molecular weight excluding hydrogens is 720 g/mol. The maximum atomic E-state index is 14.1. The molecule has 6 rings (SSSR count). The Morgan fingerprint density at radius 2 is 1.69 bits per heavy atom. The molecule has 3 fully saturated rings. The number of halogens is 1. The second-order valence-electron chi connectivity index (χ2n) is 13.6. The number of carbonyl (C=O) groups is 3. The highest BCUT2D eigenvalue weighted by Gasteiger charge is 2.39. The smallest absolute Gasteiger partial charge is 0.410 e. The molecule has 0 bridgehead atoms. The standard InChI is InChI=1S/C37H47BrN6O7/c1-3-50-44-21-20-42(25(2)32(44)24-45)28-11-15-40(16-12-28)35(47)34(23-26-8-9-33(46)30(38)22-26)51-37(49)41-17-13-29(14-18-41)43-19-10-27-6-4-5-7-31(27)39-36(43)48/h4-9,22,25,28-29,34,46H,3,10-21,23H2,1-2H3,(H,39,48)/t25?,34-/m1/s1. The highest BCUT2D eigenvalue weighted by atomic mass is 79.9. The topological polar surface area (TPSA) is 135 Å². The Bertz CT molecular complexity index is 1640. The number of rotatable bonds is 8. The molecule has 51 heavy (non-hydrogen) atoms. The van der Waals surface area contributed by atoms with Crippen LogP contribution in [0.4, 0.5) is 15.3 Å². The molecule has 2 N–H and O–H groups in total. The fraction of sp³-hybridized carbons (Fsp3) is 0.541. The van der Waals surface area contributed by atoms with Crippen molar-refractivity contribution in [1.82, 2.24) is 24.7 Å². The number of urea groups is 1. The molecule has 2 aromatic rings. The van der Waals surface area contributed by atoms with Gasteiger partial charge < -0.3 is 29.9 Å². The average Bonchev–Trinajstić information content (AvgIpc) is 3.31. The molecule has 2 atom stereocenters. The fourth-order valence-electron chi connectivity index (χ4n) is 7.80. The minimum atomic E-state index is -1.06. The van der Waals surface area contributed by atoms with E-state index >= 15 is 0 Å². The molecule has 14 heteroatoms. The molecule has 4 amide bonds. The number of piperazine rings is 1. The summed E-state index contributed by atoms with van der Waals surface area (Å²) in [5, 5.41) is 14.7. The number of nitrogens with one attached hydrogen (secondary N) is 1. The molecule has 274 valence electrons. The lowest BCUT2D eigenvalue weighted by atomic mass is 9.98. The van der Waals surface area contributed by atoms with Gasteiger partial charge in [0.05, 0.1) is 23.7 Å². The Morgan fingerprint density at radius 3 is 2.39 bits per heavy atom. The fourth-order valence-corrected chi connectivity index (χ4v) is 8.22. The monoisotopic (exact) mass is 766 g/mol. The van der Waals surface area contributed by atoms with Crippen LogP contribution in [0.1, 0.15) is 50.7 Å². The second-order valence-corrected chi connectivity index (χ2v) is 14.4. The van der Waals surface area contributed by atoms with Gasteiger partial charge in [0.1, 0.15) is 17.4 Å². The van der Waals surface area contributed by atoms with E-state index in [1.165, 1.54) is 0 Å². The van der Waals surface area contributed by atoms with Gasteiger partial charge in [-0.25, -0.2) is 19.4 Å². The van der Waals surface area contributed by atoms with Gasteiger partial charge in [0.2, 0.25) is 0 Å². The number of amides is 4. The molecule has 0 aliphatic carbocycles. The summed E-state index contributed by atoms with van der Waals surface area (Å²) in [5.74, 6) is 1.89. The first kappa shape index (κ1) is 36.7.